The molecular weight excluding hydrogens is 326 g/mol. The molecule has 3 rings (SSSR count). The molecule has 140 valence electrons. The van der Waals surface area contributed by atoms with E-state index in [0.29, 0.717) is 12.3 Å². The van der Waals surface area contributed by atoms with Crippen molar-refractivity contribution in [3.63, 3.8) is 0 Å². The number of nitrogens with zero attached hydrogens (tertiary/aromatic N) is 5. The van der Waals surface area contributed by atoms with E-state index in [1.807, 2.05) is 25.7 Å². The number of rotatable bonds is 4. The van der Waals surface area contributed by atoms with Crippen LogP contribution in [0.15, 0.2) is 24.3 Å². The molecule has 0 unspecified atom stereocenters. The molecule has 0 atom stereocenters. The highest BCUT2D eigenvalue weighted by atomic mass is 16.2. The summed E-state index contributed by atoms with van der Waals surface area (Å²) in [7, 11) is 0. The maximum Gasteiger partial charge on any atom is 0.227 e. The van der Waals surface area contributed by atoms with Crippen LogP contribution >= 0.6 is 0 Å². The van der Waals surface area contributed by atoms with Crippen molar-refractivity contribution < 1.29 is 4.79 Å². The van der Waals surface area contributed by atoms with E-state index in [4.69, 9.17) is 0 Å². The fraction of sp³-hybridized carbons (Fsp3) is 0.600. The van der Waals surface area contributed by atoms with Gasteiger partial charge in [-0.05, 0) is 36.5 Å². The first-order chi connectivity index (χ1) is 12.3. The molecule has 0 N–H and O–H groups in total. The van der Waals surface area contributed by atoms with Crippen molar-refractivity contribution in [2.75, 3.05) is 13.1 Å². The number of tetrazole rings is 1. The SMILES string of the molecule is Cc1ccc(Cc2nnn(CC3CCN(C(=O)C(C)(C)C)CC3)n2)cc1. The van der Waals surface area contributed by atoms with Crippen molar-refractivity contribution in [3.8, 4) is 0 Å². The van der Waals surface area contributed by atoms with Crippen molar-refractivity contribution in [2.45, 2.75) is 53.5 Å². The normalized spacial score (nSPS) is 16.1. The molecule has 1 fully saturated rings. The molecular formula is C20H29N5O. The number of likely N-dealkylation sites (tertiary alicyclic amines) is 1. The average molecular weight is 355 g/mol. The van der Waals surface area contributed by atoms with E-state index in [1.54, 1.807) is 4.80 Å². The number of amides is 1. The van der Waals surface area contributed by atoms with E-state index in [-0.39, 0.29) is 11.3 Å². The van der Waals surface area contributed by atoms with Gasteiger partial charge in [0.15, 0.2) is 5.82 Å². The minimum absolute atomic E-state index is 0.246. The lowest BCUT2D eigenvalue weighted by Gasteiger charge is -2.35. The minimum atomic E-state index is -0.300. The number of hydrogen-bond acceptors (Lipinski definition) is 4. The molecule has 1 aliphatic heterocycles. The average Bonchev–Trinajstić information content (AvgIpc) is 3.03. The van der Waals surface area contributed by atoms with E-state index in [1.165, 1.54) is 11.1 Å². The number of hydrogen-bond donors (Lipinski definition) is 0. The smallest absolute Gasteiger partial charge is 0.227 e. The van der Waals surface area contributed by atoms with E-state index in [2.05, 4.69) is 46.6 Å². The Morgan fingerprint density at radius 2 is 1.81 bits per heavy atom. The van der Waals surface area contributed by atoms with Gasteiger partial charge in [0, 0.05) is 24.9 Å². The predicted octanol–water partition coefficient (Wildman–Crippen LogP) is 2.86. The van der Waals surface area contributed by atoms with Crippen molar-refractivity contribution in [1.82, 2.24) is 25.1 Å². The van der Waals surface area contributed by atoms with Gasteiger partial charge in [0.05, 0.1) is 6.54 Å². The summed E-state index contributed by atoms with van der Waals surface area (Å²) in [6.45, 7) is 10.5. The fourth-order valence-electron chi connectivity index (χ4n) is 3.34. The summed E-state index contributed by atoms with van der Waals surface area (Å²) in [6.07, 6.45) is 2.70. The fourth-order valence-corrected chi connectivity index (χ4v) is 3.34. The molecule has 2 aromatic rings. The summed E-state index contributed by atoms with van der Waals surface area (Å²) < 4.78 is 0. The molecule has 0 spiro atoms. The van der Waals surface area contributed by atoms with Gasteiger partial charge in [0.2, 0.25) is 5.91 Å². The zero-order chi connectivity index (χ0) is 18.7. The molecule has 0 aliphatic carbocycles. The van der Waals surface area contributed by atoms with E-state index < -0.39 is 0 Å². The topological polar surface area (TPSA) is 63.9 Å². The standard InChI is InChI=1S/C20H29N5O/c1-15-5-7-16(8-6-15)13-18-21-23-25(22-18)14-17-9-11-24(12-10-17)19(26)20(2,3)4/h5-8,17H,9-14H2,1-4H3. The zero-order valence-electron chi connectivity index (χ0n) is 16.3. The number of aryl methyl sites for hydroxylation is 1. The Kier molecular flexibility index (Phi) is 5.39. The van der Waals surface area contributed by atoms with Crippen LogP contribution in [0.5, 0.6) is 0 Å². The number of carbonyl (C=O) groups excluding carboxylic acids is 1. The van der Waals surface area contributed by atoms with Gasteiger partial charge >= 0.3 is 0 Å². The van der Waals surface area contributed by atoms with Gasteiger partial charge in [-0.3, -0.25) is 4.79 Å². The summed E-state index contributed by atoms with van der Waals surface area (Å²) in [4.78, 5) is 16.1. The first-order valence-electron chi connectivity index (χ1n) is 9.43. The monoisotopic (exact) mass is 355 g/mol. The van der Waals surface area contributed by atoms with Crippen LogP contribution in [0.4, 0.5) is 0 Å². The Hall–Kier alpha value is -2.24. The van der Waals surface area contributed by atoms with Gasteiger partial charge in [-0.2, -0.15) is 4.80 Å². The van der Waals surface area contributed by atoms with Crippen LogP contribution in [0.2, 0.25) is 0 Å². The van der Waals surface area contributed by atoms with Crippen LogP contribution in [0.3, 0.4) is 0 Å². The summed E-state index contributed by atoms with van der Waals surface area (Å²) >= 11 is 0. The number of carbonyl (C=O) groups is 1. The number of benzene rings is 1. The van der Waals surface area contributed by atoms with Gasteiger partial charge in [0.1, 0.15) is 0 Å². The van der Waals surface area contributed by atoms with E-state index >= 15 is 0 Å². The van der Waals surface area contributed by atoms with Crippen LogP contribution in [0, 0.1) is 18.3 Å². The Morgan fingerprint density at radius 3 is 2.42 bits per heavy atom. The Balaban J connectivity index is 1.51. The number of aromatic nitrogens is 4. The second kappa shape index (κ2) is 7.56. The molecule has 0 saturated carbocycles. The van der Waals surface area contributed by atoms with Gasteiger partial charge < -0.3 is 4.90 Å². The summed E-state index contributed by atoms with van der Waals surface area (Å²) in [5, 5.41) is 12.9. The first kappa shape index (κ1) is 18.5. The molecule has 1 aromatic heterocycles. The highest BCUT2D eigenvalue weighted by molar-refractivity contribution is 5.81. The zero-order valence-corrected chi connectivity index (χ0v) is 16.3. The lowest BCUT2D eigenvalue weighted by Crippen LogP contribution is -2.44. The molecule has 1 aromatic carbocycles. The van der Waals surface area contributed by atoms with E-state index in [0.717, 1.165) is 38.3 Å². The molecule has 6 nitrogen and oxygen atoms in total. The molecule has 6 heteroatoms. The van der Waals surface area contributed by atoms with Gasteiger partial charge in [-0.15, -0.1) is 10.2 Å². The Morgan fingerprint density at radius 1 is 1.15 bits per heavy atom. The van der Waals surface area contributed by atoms with Crippen molar-refractivity contribution in [2.24, 2.45) is 11.3 Å². The Bertz CT molecular complexity index is 736. The molecule has 1 saturated heterocycles. The van der Waals surface area contributed by atoms with Crippen LogP contribution in [0.25, 0.3) is 0 Å². The molecule has 26 heavy (non-hydrogen) atoms. The van der Waals surface area contributed by atoms with Crippen LogP contribution in [-0.2, 0) is 17.8 Å². The van der Waals surface area contributed by atoms with Crippen LogP contribution in [-0.4, -0.2) is 44.1 Å². The largest absolute Gasteiger partial charge is 0.342 e. The molecule has 1 aliphatic rings. The maximum absolute atomic E-state index is 12.4. The highest BCUT2D eigenvalue weighted by Gasteiger charge is 2.30. The highest BCUT2D eigenvalue weighted by Crippen LogP contribution is 2.24. The van der Waals surface area contributed by atoms with Crippen molar-refractivity contribution >= 4 is 5.91 Å². The summed E-state index contributed by atoms with van der Waals surface area (Å²) in [6, 6.07) is 8.43. The second-order valence-electron chi connectivity index (χ2n) is 8.41. The lowest BCUT2D eigenvalue weighted by atomic mass is 9.91. The minimum Gasteiger partial charge on any atom is -0.342 e. The van der Waals surface area contributed by atoms with Crippen LogP contribution in [0.1, 0.15) is 50.6 Å². The molecule has 2 heterocycles. The third-order valence-corrected chi connectivity index (χ3v) is 4.94. The lowest BCUT2D eigenvalue weighted by molar-refractivity contribution is -0.141. The second-order valence-corrected chi connectivity index (χ2v) is 8.41. The maximum atomic E-state index is 12.4. The first-order valence-corrected chi connectivity index (χ1v) is 9.43. The van der Waals surface area contributed by atoms with Gasteiger partial charge in [0.25, 0.3) is 0 Å². The van der Waals surface area contributed by atoms with Gasteiger partial charge in [-0.1, -0.05) is 50.6 Å². The Labute approximate surface area is 155 Å². The number of piperidine rings is 1. The van der Waals surface area contributed by atoms with Gasteiger partial charge in [-0.25, -0.2) is 0 Å². The summed E-state index contributed by atoms with van der Waals surface area (Å²) in [5.41, 5.74) is 2.15. The molecule has 0 bridgehead atoms. The third-order valence-electron chi connectivity index (χ3n) is 4.94. The molecule has 1 amide bonds. The van der Waals surface area contributed by atoms with Crippen molar-refractivity contribution in [1.29, 1.82) is 0 Å². The van der Waals surface area contributed by atoms with E-state index in [9.17, 15) is 4.79 Å². The van der Waals surface area contributed by atoms with Crippen molar-refractivity contribution in [3.05, 3.63) is 41.2 Å². The summed E-state index contributed by atoms with van der Waals surface area (Å²) in [5.74, 6) is 1.50. The van der Waals surface area contributed by atoms with Crippen LogP contribution < -0.4 is 0 Å². The molecule has 0 radical (unpaired) electrons. The third kappa shape index (κ3) is 4.68. The quantitative estimate of drug-likeness (QED) is 0.846. The predicted molar refractivity (Wildman–Crippen MR) is 101 cm³/mol.